The molecule has 0 saturated carbocycles. The zero-order valence-electron chi connectivity index (χ0n) is 11.6. The van der Waals surface area contributed by atoms with Crippen LogP contribution in [0, 0.1) is 0 Å². The van der Waals surface area contributed by atoms with Gasteiger partial charge in [-0.3, -0.25) is 0 Å². The first-order valence-corrected chi connectivity index (χ1v) is 9.11. The highest BCUT2D eigenvalue weighted by Gasteiger charge is 2.21. The molecule has 1 atom stereocenters. The lowest BCUT2D eigenvalue weighted by atomic mass is 10.2. The first-order chi connectivity index (χ1) is 9.89. The quantitative estimate of drug-likeness (QED) is 0.801. The number of hydrogen-bond acceptors (Lipinski definition) is 5. The molecule has 0 bridgehead atoms. The van der Waals surface area contributed by atoms with Crippen LogP contribution >= 0.6 is 11.3 Å². The lowest BCUT2D eigenvalue weighted by molar-refractivity contribution is 0.602. The number of rotatable bonds is 3. The molecule has 0 amide bonds. The van der Waals surface area contributed by atoms with E-state index in [-0.39, 0.29) is 10.9 Å². The van der Waals surface area contributed by atoms with Gasteiger partial charge in [0, 0.05) is 18.2 Å². The van der Waals surface area contributed by atoms with Crippen LogP contribution in [0.25, 0.3) is 11.0 Å². The molecule has 0 radical (unpaired) electrons. The van der Waals surface area contributed by atoms with E-state index < -0.39 is 9.84 Å². The third kappa shape index (κ3) is 2.37. The van der Waals surface area contributed by atoms with Crippen molar-refractivity contribution in [2.75, 3.05) is 6.26 Å². The van der Waals surface area contributed by atoms with Gasteiger partial charge in [0.1, 0.15) is 11.3 Å². The van der Waals surface area contributed by atoms with Gasteiger partial charge < -0.3 is 10.3 Å². The molecule has 0 aliphatic carbocycles. The molecule has 7 heteroatoms. The smallest absolute Gasteiger partial charge is 0.177 e. The molecule has 110 valence electrons. The summed E-state index contributed by atoms with van der Waals surface area (Å²) >= 11 is 1.56. The Labute approximate surface area is 127 Å². The van der Waals surface area contributed by atoms with Gasteiger partial charge in [0.05, 0.1) is 16.5 Å². The van der Waals surface area contributed by atoms with Crippen molar-refractivity contribution < 1.29 is 8.42 Å². The molecule has 1 aromatic carbocycles. The molecule has 2 aromatic heterocycles. The Bertz CT molecular complexity index is 896. The second kappa shape index (κ2) is 4.94. The van der Waals surface area contributed by atoms with Gasteiger partial charge in [-0.15, -0.1) is 11.3 Å². The van der Waals surface area contributed by atoms with E-state index in [2.05, 4.69) is 4.98 Å². The predicted molar refractivity (Wildman–Crippen MR) is 84.2 cm³/mol. The third-order valence-corrected chi connectivity index (χ3v) is 5.52. The van der Waals surface area contributed by atoms with Crippen molar-refractivity contribution in [2.45, 2.75) is 10.9 Å². The summed E-state index contributed by atoms with van der Waals surface area (Å²) in [5.74, 6) is 0.656. The number of imidazole rings is 1. The van der Waals surface area contributed by atoms with E-state index in [1.807, 2.05) is 35.2 Å². The van der Waals surface area contributed by atoms with Gasteiger partial charge in [-0.05, 0) is 23.6 Å². The molecule has 2 heterocycles. The molecule has 21 heavy (non-hydrogen) atoms. The summed E-state index contributed by atoms with van der Waals surface area (Å²) < 4.78 is 25.6. The van der Waals surface area contributed by atoms with E-state index in [9.17, 15) is 8.42 Å². The average molecular weight is 321 g/mol. The van der Waals surface area contributed by atoms with Crippen LogP contribution in [0.4, 0.5) is 0 Å². The highest BCUT2D eigenvalue weighted by Crippen LogP contribution is 2.28. The van der Waals surface area contributed by atoms with E-state index in [0.717, 1.165) is 10.4 Å². The van der Waals surface area contributed by atoms with Crippen LogP contribution in [0.1, 0.15) is 16.7 Å². The lowest BCUT2D eigenvalue weighted by Gasteiger charge is -2.09. The fourth-order valence-corrected chi connectivity index (χ4v) is 3.93. The fraction of sp³-hybridized carbons (Fsp3) is 0.214. The van der Waals surface area contributed by atoms with E-state index in [1.165, 1.54) is 6.26 Å². The Balaban J connectivity index is 2.25. The van der Waals surface area contributed by atoms with Crippen LogP contribution in [0.5, 0.6) is 0 Å². The summed E-state index contributed by atoms with van der Waals surface area (Å²) in [6.07, 6.45) is 1.19. The third-order valence-electron chi connectivity index (χ3n) is 3.44. The summed E-state index contributed by atoms with van der Waals surface area (Å²) in [6.45, 7) is 0. The van der Waals surface area contributed by atoms with Gasteiger partial charge in [0.2, 0.25) is 0 Å². The van der Waals surface area contributed by atoms with Crippen molar-refractivity contribution in [2.24, 2.45) is 12.8 Å². The number of benzene rings is 1. The maximum absolute atomic E-state index is 11.9. The Morgan fingerprint density at radius 2 is 2.05 bits per heavy atom. The number of hydrogen-bond donors (Lipinski definition) is 1. The Morgan fingerprint density at radius 1 is 1.29 bits per heavy atom. The molecule has 0 fully saturated rings. The van der Waals surface area contributed by atoms with Crippen molar-refractivity contribution in [3.8, 4) is 0 Å². The molecule has 3 rings (SSSR count). The minimum Gasteiger partial charge on any atom is -0.329 e. The zero-order chi connectivity index (χ0) is 15.2. The molecule has 0 aliphatic rings. The van der Waals surface area contributed by atoms with Crippen LogP contribution in [0.15, 0.2) is 40.6 Å². The van der Waals surface area contributed by atoms with Gasteiger partial charge in [0.15, 0.2) is 9.84 Å². The van der Waals surface area contributed by atoms with E-state index in [0.29, 0.717) is 11.3 Å². The maximum atomic E-state index is 11.9. The van der Waals surface area contributed by atoms with Gasteiger partial charge >= 0.3 is 0 Å². The summed E-state index contributed by atoms with van der Waals surface area (Å²) in [5.41, 5.74) is 7.50. The summed E-state index contributed by atoms with van der Waals surface area (Å²) in [6, 6.07) is 8.67. The zero-order valence-corrected chi connectivity index (χ0v) is 13.3. The maximum Gasteiger partial charge on any atom is 0.177 e. The normalized spacial score (nSPS) is 13.7. The molecule has 0 saturated heterocycles. The molecule has 5 nitrogen and oxygen atoms in total. The Hall–Kier alpha value is -1.70. The summed E-state index contributed by atoms with van der Waals surface area (Å²) in [4.78, 5) is 5.73. The first kappa shape index (κ1) is 14.2. The number of fused-ring (bicyclic) bond motifs is 1. The van der Waals surface area contributed by atoms with Crippen molar-refractivity contribution in [3.63, 3.8) is 0 Å². The Morgan fingerprint density at radius 3 is 2.67 bits per heavy atom. The molecule has 2 N–H and O–H groups in total. The summed E-state index contributed by atoms with van der Waals surface area (Å²) in [7, 11) is -1.48. The lowest BCUT2D eigenvalue weighted by Crippen LogP contribution is -2.15. The average Bonchev–Trinajstić information content (AvgIpc) is 3.05. The minimum atomic E-state index is -3.33. The van der Waals surface area contributed by atoms with Gasteiger partial charge in [-0.1, -0.05) is 12.1 Å². The molecule has 0 spiro atoms. The minimum absolute atomic E-state index is 0.236. The molecular formula is C14H15N3O2S2. The molecule has 3 aromatic rings. The number of nitrogens with zero attached hydrogens (tertiary/aromatic N) is 2. The Kier molecular flexibility index (Phi) is 3.35. The largest absolute Gasteiger partial charge is 0.329 e. The van der Waals surface area contributed by atoms with Gasteiger partial charge in [-0.25, -0.2) is 13.4 Å². The van der Waals surface area contributed by atoms with Crippen LogP contribution < -0.4 is 5.73 Å². The number of aromatic nitrogens is 2. The van der Waals surface area contributed by atoms with E-state index in [4.69, 9.17) is 5.73 Å². The van der Waals surface area contributed by atoms with Crippen molar-refractivity contribution >= 4 is 32.2 Å². The number of thiophene rings is 1. The van der Waals surface area contributed by atoms with Crippen LogP contribution in [-0.4, -0.2) is 24.2 Å². The molecule has 1 unspecified atom stereocenters. The SMILES string of the molecule is Cn1c(C(N)c2cccs2)nc2c(S(C)(=O)=O)cccc21. The molecule has 0 aliphatic heterocycles. The van der Waals surface area contributed by atoms with Crippen molar-refractivity contribution in [1.82, 2.24) is 9.55 Å². The van der Waals surface area contributed by atoms with E-state index in [1.54, 1.807) is 23.5 Å². The van der Waals surface area contributed by atoms with E-state index >= 15 is 0 Å². The van der Waals surface area contributed by atoms with Crippen LogP contribution in [0.3, 0.4) is 0 Å². The number of para-hydroxylation sites is 1. The predicted octanol–water partition coefficient (Wildman–Crippen LogP) is 2.09. The highest BCUT2D eigenvalue weighted by atomic mass is 32.2. The topological polar surface area (TPSA) is 78.0 Å². The number of aryl methyl sites for hydroxylation is 1. The second-order valence-electron chi connectivity index (χ2n) is 4.92. The second-order valence-corrected chi connectivity index (χ2v) is 7.88. The van der Waals surface area contributed by atoms with Crippen molar-refractivity contribution in [1.29, 1.82) is 0 Å². The van der Waals surface area contributed by atoms with Crippen LogP contribution in [-0.2, 0) is 16.9 Å². The van der Waals surface area contributed by atoms with Gasteiger partial charge in [-0.2, -0.15) is 0 Å². The monoisotopic (exact) mass is 321 g/mol. The number of nitrogens with two attached hydrogens (primary N) is 1. The summed E-state index contributed by atoms with van der Waals surface area (Å²) in [5, 5.41) is 1.96. The molecular weight excluding hydrogens is 306 g/mol. The highest BCUT2D eigenvalue weighted by molar-refractivity contribution is 7.91. The van der Waals surface area contributed by atoms with Crippen molar-refractivity contribution in [3.05, 3.63) is 46.4 Å². The first-order valence-electron chi connectivity index (χ1n) is 6.34. The van der Waals surface area contributed by atoms with Gasteiger partial charge in [0.25, 0.3) is 0 Å². The standard InChI is InChI=1S/C14H15N3O2S2/c1-17-9-5-3-7-11(21(2,18)19)13(9)16-14(17)12(15)10-6-4-8-20-10/h3-8,12H,15H2,1-2H3. The van der Waals surface area contributed by atoms with Crippen LogP contribution in [0.2, 0.25) is 0 Å². The number of sulfone groups is 1. The fourth-order valence-electron chi connectivity index (χ4n) is 2.38.